The van der Waals surface area contributed by atoms with Crippen molar-refractivity contribution in [3.05, 3.63) is 75.0 Å². The summed E-state index contributed by atoms with van der Waals surface area (Å²) in [5.41, 5.74) is 2.09. The molecule has 164 valence electrons. The first-order valence-corrected chi connectivity index (χ1v) is 11.2. The van der Waals surface area contributed by atoms with Gasteiger partial charge in [0.15, 0.2) is 0 Å². The van der Waals surface area contributed by atoms with Crippen LogP contribution in [0.3, 0.4) is 0 Å². The minimum Gasteiger partial charge on any atom is -0.493 e. The SMILES string of the molecule is CCOc1ccccc1C(=O)Nc1cc(-c2cccs2)nn1-c1nc(C)c(CC)c(=O)[nH]1. The van der Waals surface area contributed by atoms with Crippen molar-refractivity contribution >= 4 is 23.1 Å². The van der Waals surface area contributed by atoms with Gasteiger partial charge in [-0.15, -0.1) is 11.3 Å². The fourth-order valence-electron chi connectivity index (χ4n) is 3.41. The zero-order valence-electron chi connectivity index (χ0n) is 18.0. The molecule has 0 aliphatic rings. The molecule has 32 heavy (non-hydrogen) atoms. The van der Waals surface area contributed by atoms with Crippen molar-refractivity contribution in [2.24, 2.45) is 0 Å². The van der Waals surface area contributed by atoms with Gasteiger partial charge in [-0.25, -0.2) is 4.98 Å². The fourth-order valence-corrected chi connectivity index (χ4v) is 4.09. The number of aromatic nitrogens is 4. The van der Waals surface area contributed by atoms with Gasteiger partial charge in [0.05, 0.1) is 17.0 Å². The summed E-state index contributed by atoms with van der Waals surface area (Å²) in [5, 5.41) is 9.46. The number of aryl methyl sites for hydroxylation is 1. The van der Waals surface area contributed by atoms with Crippen molar-refractivity contribution in [1.82, 2.24) is 19.7 Å². The summed E-state index contributed by atoms with van der Waals surface area (Å²) in [4.78, 5) is 33.9. The van der Waals surface area contributed by atoms with Crippen LogP contribution < -0.4 is 15.6 Å². The summed E-state index contributed by atoms with van der Waals surface area (Å²) in [7, 11) is 0. The van der Waals surface area contributed by atoms with E-state index in [2.05, 4.69) is 20.4 Å². The number of hydrogen-bond donors (Lipinski definition) is 2. The molecule has 0 saturated heterocycles. The van der Waals surface area contributed by atoms with E-state index in [1.807, 2.05) is 37.4 Å². The fraction of sp³-hybridized carbons (Fsp3) is 0.217. The van der Waals surface area contributed by atoms with Crippen molar-refractivity contribution in [3.8, 4) is 22.3 Å². The van der Waals surface area contributed by atoms with Gasteiger partial charge < -0.3 is 10.1 Å². The van der Waals surface area contributed by atoms with Crippen LogP contribution in [0.15, 0.2) is 52.6 Å². The number of amides is 1. The second-order valence-electron chi connectivity index (χ2n) is 6.99. The third-order valence-corrected chi connectivity index (χ3v) is 5.81. The van der Waals surface area contributed by atoms with Crippen LogP contribution in [0, 0.1) is 6.92 Å². The molecule has 9 heteroatoms. The standard InChI is InChI=1S/C23H23N5O3S/c1-4-15-14(3)24-23(26-21(15)29)28-20(13-17(27-28)19-11-8-12-32-19)25-22(30)16-9-6-7-10-18(16)31-5-2/h6-13H,4-5H2,1-3H3,(H,25,30)(H,24,26,29). The Hall–Kier alpha value is -3.72. The maximum absolute atomic E-state index is 13.1. The Morgan fingerprint density at radius 3 is 2.72 bits per heavy atom. The molecule has 0 saturated carbocycles. The molecule has 0 aliphatic heterocycles. The number of nitrogens with zero attached hydrogens (tertiary/aromatic N) is 3. The van der Waals surface area contributed by atoms with Crippen LogP contribution in [-0.4, -0.2) is 32.3 Å². The topological polar surface area (TPSA) is 102 Å². The van der Waals surface area contributed by atoms with E-state index >= 15 is 0 Å². The molecule has 0 radical (unpaired) electrons. The molecule has 8 nitrogen and oxygen atoms in total. The molecule has 0 fully saturated rings. The monoisotopic (exact) mass is 449 g/mol. The average Bonchev–Trinajstić information content (AvgIpc) is 3.44. The van der Waals surface area contributed by atoms with Crippen LogP contribution >= 0.6 is 11.3 Å². The van der Waals surface area contributed by atoms with Gasteiger partial charge in [-0.3, -0.25) is 14.6 Å². The Kier molecular flexibility index (Phi) is 6.18. The number of benzene rings is 1. The van der Waals surface area contributed by atoms with E-state index in [1.165, 1.54) is 16.0 Å². The summed E-state index contributed by atoms with van der Waals surface area (Å²) < 4.78 is 7.04. The molecule has 0 unspecified atom stereocenters. The molecular weight excluding hydrogens is 426 g/mol. The lowest BCUT2D eigenvalue weighted by Gasteiger charge is -2.12. The zero-order chi connectivity index (χ0) is 22.7. The zero-order valence-corrected chi connectivity index (χ0v) is 18.8. The van der Waals surface area contributed by atoms with Gasteiger partial charge in [0.1, 0.15) is 17.3 Å². The Morgan fingerprint density at radius 2 is 2.03 bits per heavy atom. The predicted molar refractivity (Wildman–Crippen MR) is 125 cm³/mol. The maximum Gasteiger partial charge on any atom is 0.260 e. The van der Waals surface area contributed by atoms with E-state index in [0.29, 0.717) is 47.1 Å². The first-order chi connectivity index (χ1) is 15.5. The summed E-state index contributed by atoms with van der Waals surface area (Å²) in [6, 6.07) is 12.7. The van der Waals surface area contributed by atoms with Gasteiger partial charge in [0.25, 0.3) is 11.5 Å². The largest absolute Gasteiger partial charge is 0.493 e. The number of H-pyrrole nitrogens is 1. The number of anilines is 1. The molecule has 1 aromatic carbocycles. The Balaban J connectivity index is 1.78. The van der Waals surface area contributed by atoms with Gasteiger partial charge >= 0.3 is 0 Å². The first-order valence-electron chi connectivity index (χ1n) is 10.3. The highest BCUT2D eigenvalue weighted by atomic mass is 32.1. The summed E-state index contributed by atoms with van der Waals surface area (Å²) in [5.74, 6) is 0.765. The van der Waals surface area contributed by atoms with E-state index < -0.39 is 0 Å². The minimum absolute atomic E-state index is 0.220. The molecular formula is C23H23N5O3S. The van der Waals surface area contributed by atoms with Gasteiger partial charge in [-0.2, -0.15) is 9.78 Å². The molecule has 3 heterocycles. The van der Waals surface area contributed by atoms with E-state index in [-0.39, 0.29) is 17.4 Å². The minimum atomic E-state index is -0.350. The van der Waals surface area contributed by atoms with Crippen LogP contribution in [0.2, 0.25) is 0 Å². The predicted octanol–water partition coefficient (Wildman–Crippen LogP) is 4.21. The smallest absolute Gasteiger partial charge is 0.260 e. The number of carbonyl (C=O) groups is 1. The second kappa shape index (κ2) is 9.19. The number of rotatable bonds is 7. The van der Waals surface area contributed by atoms with Gasteiger partial charge in [-0.05, 0) is 43.8 Å². The lowest BCUT2D eigenvalue weighted by Crippen LogP contribution is -2.22. The van der Waals surface area contributed by atoms with Crippen molar-refractivity contribution < 1.29 is 9.53 Å². The molecule has 0 bridgehead atoms. The van der Waals surface area contributed by atoms with Crippen LogP contribution in [0.4, 0.5) is 5.82 Å². The van der Waals surface area contributed by atoms with Crippen LogP contribution in [-0.2, 0) is 6.42 Å². The first kappa shape index (κ1) is 21.5. The summed E-state index contributed by atoms with van der Waals surface area (Å²) in [6.07, 6.45) is 0.575. The normalized spacial score (nSPS) is 10.8. The quantitative estimate of drug-likeness (QED) is 0.440. The van der Waals surface area contributed by atoms with Crippen molar-refractivity contribution in [1.29, 1.82) is 0 Å². The number of nitrogens with one attached hydrogen (secondary N) is 2. The molecule has 1 amide bonds. The Labute approximate surface area is 188 Å². The molecule has 0 spiro atoms. The number of ether oxygens (including phenoxy) is 1. The van der Waals surface area contributed by atoms with E-state index in [1.54, 1.807) is 31.2 Å². The van der Waals surface area contributed by atoms with Crippen molar-refractivity contribution in [2.75, 3.05) is 11.9 Å². The Bertz CT molecular complexity index is 1310. The number of aromatic amines is 1. The molecule has 4 rings (SSSR count). The number of carbonyl (C=O) groups excluding carboxylic acids is 1. The highest BCUT2D eigenvalue weighted by molar-refractivity contribution is 7.13. The van der Waals surface area contributed by atoms with Gasteiger partial charge in [-0.1, -0.05) is 25.1 Å². The van der Waals surface area contributed by atoms with Crippen molar-refractivity contribution in [2.45, 2.75) is 27.2 Å². The maximum atomic E-state index is 13.1. The van der Waals surface area contributed by atoms with Crippen LogP contribution in [0.5, 0.6) is 5.75 Å². The lowest BCUT2D eigenvalue weighted by atomic mass is 10.2. The number of hydrogen-bond acceptors (Lipinski definition) is 6. The van der Waals surface area contributed by atoms with Crippen LogP contribution in [0.1, 0.15) is 35.5 Å². The lowest BCUT2D eigenvalue weighted by molar-refractivity contribution is 0.102. The van der Waals surface area contributed by atoms with E-state index in [0.717, 1.165) is 4.88 Å². The highest BCUT2D eigenvalue weighted by Gasteiger charge is 2.19. The van der Waals surface area contributed by atoms with E-state index in [9.17, 15) is 9.59 Å². The van der Waals surface area contributed by atoms with E-state index in [4.69, 9.17) is 4.74 Å². The van der Waals surface area contributed by atoms with Gasteiger partial charge in [0, 0.05) is 17.3 Å². The molecule has 0 atom stereocenters. The van der Waals surface area contributed by atoms with Crippen molar-refractivity contribution in [3.63, 3.8) is 0 Å². The molecule has 4 aromatic rings. The second-order valence-corrected chi connectivity index (χ2v) is 7.94. The molecule has 3 aromatic heterocycles. The van der Waals surface area contributed by atoms with Crippen LogP contribution in [0.25, 0.3) is 16.5 Å². The Morgan fingerprint density at radius 1 is 1.22 bits per heavy atom. The number of para-hydroxylation sites is 1. The molecule has 0 aliphatic carbocycles. The number of thiophene rings is 1. The van der Waals surface area contributed by atoms with Gasteiger partial charge in [0.2, 0.25) is 5.95 Å². The summed E-state index contributed by atoms with van der Waals surface area (Å²) in [6.45, 7) is 6.00. The summed E-state index contributed by atoms with van der Waals surface area (Å²) >= 11 is 1.53. The molecule has 2 N–H and O–H groups in total. The third kappa shape index (κ3) is 4.19. The highest BCUT2D eigenvalue weighted by Crippen LogP contribution is 2.28. The third-order valence-electron chi connectivity index (χ3n) is 4.92. The average molecular weight is 450 g/mol.